The third kappa shape index (κ3) is 3.47. The zero-order valence-corrected chi connectivity index (χ0v) is 11.8. The molecule has 4 nitrogen and oxygen atoms in total. The van der Waals surface area contributed by atoms with Crippen LogP contribution in [0.25, 0.3) is 0 Å². The summed E-state index contributed by atoms with van der Waals surface area (Å²) in [4.78, 5) is 21.1. The van der Waals surface area contributed by atoms with Gasteiger partial charge >= 0.3 is 60.8 Å². The van der Waals surface area contributed by atoms with E-state index in [0.29, 0.717) is 0 Å². The minimum absolute atomic E-state index is 0. The molecule has 0 heterocycles. The Bertz CT molecular complexity index is 318. The third-order valence-electron chi connectivity index (χ3n) is 1.63. The molecule has 0 fully saturated rings. The normalized spacial score (nSPS) is 9.21. The first kappa shape index (κ1) is 13.7. The topological polar surface area (TPSA) is 74.6 Å². The van der Waals surface area contributed by atoms with Crippen LogP contribution < -0.4 is 0 Å². The first-order valence-corrected chi connectivity index (χ1v) is 3.63. The van der Waals surface area contributed by atoms with Crippen LogP contribution in [0.5, 0.6) is 0 Å². The molecular weight excluding hydrogens is 309 g/mol. The van der Waals surface area contributed by atoms with E-state index in [0.717, 1.165) is 0 Å². The number of rotatable bonds is 3. The fourth-order valence-electron chi connectivity index (χ4n) is 1.04. The Hall–Kier alpha value is -0.269. The van der Waals surface area contributed by atoms with E-state index in [1.807, 2.05) is 0 Å². The van der Waals surface area contributed by atoms with Gasteiger partial charge in [0.2, 0.25) is 0 Å². The summed E-state index contributed by atoms with van der Waals surface area (Å²) < 4.78 is 0. The van der Waals surface area contributed by atoms with E-state index >= 15 is 0 Å². The first-order valence-electron chi connectivity index (χ1n) is 3.63. The molecule has 1 aromatic rings. The Labute approximate surface area is 124 Å². The summed E-state index contributed by atoms with van der Waals surface area (Å²) in [7, 11) is 0. The molecule has 1 rings (SSSR count). The molecule has 0 saturated carbocycles. The second-order valence-corrected chi connectivity index (χ2v) is 2.52. The molecule has 0 saturated heterocycles. The van der Waals surface area contributed by atoms with E-state index in [1.54, 1.807) is 18.2 Å². The average molecular weight is 320 g/mol. The van der Waals surface area contributed by atoms with Crippen molar-refractivity contribution in [3.05, 3.63) is 35.9 Å². The zero-order valence-electron chi connectivity index (χ0n) is 9.38. The van der Waals surface area contributed by atoms with Gasteiger partial charge in [-0.05, 0) is 5.56 Å². The fraction of sp³-hybridized carbons (Fsp3) is 0.111. The largest absolute Gasteiger partial charge is 2.00 e. The van der Waals surface area contributed by atoms with Crippen LogP contribution in [-0.4, -0.2) is 71.0 Å². The van der Waals surface area contributed by atoms with Crippen molar-refractivity contribution in [1.29, 1.82) is 0 Å². The molecule has 0 aromatic heterocycles. The van der Waals surface area contributed by atoms with Crippen LogP contribution >= 0.6 is 0 Å². The smallest absolute Gasteiger partial charge is 1.00 e. The van der Waals surface area contributed by atoms with Gasteiger partial charge in [0.15, 0.2) is 5.92 Å². The first-order chi connectivity index (χ1) is 6.13. The molecule has 14 heavy (non-hydrogen) atoms. The number of benzene rings is 1. The van der Waals surface area contributed by atoms with Crippen LogP contribution in [0.1, 0.15) is 14.3 Å². The van der Waals surface area contributed by atoms with Gasteiger partial charge in [-0.1, -0.05) is 30.3 Å². The van der Waals surface area contributed by atoms with Crippen molar-refractivity contribution in [1.82, 2.24) is 0 Å². The summed E-state index contributed by atoms with van der Waals surface area (Å²) in [5.41, 5.74) is 0.280. The van der Waals surface area contributed by atoms with Crippen molar-refractivity contribution in [2.24, 2.45) is 0 Å². The van der Waals surface area contributed by atoms with E-state index in [9.17, 15) is 9.59 Å². The Morgan fingerprint density at radius 3 is 1.86 bits per heavy atom. The van der Waals surface area contributed by atoms with Crippen molar-refractivity contribution in [2.75, 3.05) is 0 Å². The van der Waals surface area contributed by atoms with E-state index in [1.165, 1.54) is 12.1 Å². The Balaban J connectivity index is -0.000000563. The van der Waals surface area contributed by atoms with E-state index in [2.05, 4.69) is 0 Å². The molecule has 0 bridgehead atoms. The zero-order chi connectivity index (χ0) is 9.84. The van der Waals surface area contributed by atoms with Crippen LogP contribution in [0, 0.1) is 0 Å². The summed E-state index contributed by atoms with van der Waals surface area (Å²) in [6, 6.07) is 7.87. The molecule has 72 valence electrons. The molecule has 0 atom stereocenters. The summed E-state index contributed by atoms with van der Waals surface area (Å²) >= 11 is 0. The minimum atomic E-state index is -1.47. The van der Waals surface area contributed by atoms with Gasteiger partial charge in [-0.25, -0.2) is 0 Å². The summed E-state index contributed by atoms with van der Waals surface area (Å²) in [6.07, 6.45) is 0. The Morgan fingerprint density at radius 1 is 1.07 bits per heavy atom. The number of hydrogen-bond donors (Lipinski definition) is 2. The van der Waals surface area contributed by atoms with Crippen LogP contribution in [0.4, 0.5) is 0 Å². The number of hydrogen-bond acceptors (Lipinski definition) is 2. The monoisotopic (exact) mass is 320 g/mol. The second kappa shape index (κ2) is 6.26. The van der Waals surface area contributed by atoms with Gasteiger partial charge in [-0.15, -0.1) is 0 Å². The van der Waals surface area contributed by atoms with E-state index in [-0.39, 0.29) is 57.3 Å². The second-order valence-electron chi connectivity index (χ2n) is 2.52. The van der Waals surface area contributed by atoms with Crippen LogP contribution in [0.15, 0.2) is 30.3 Å². The van der Waals surface area contributed by atoms with Gasteiger partial charge in [0.05, 0.1) is 0 Å². The molecule has 1 aromatic carbocycles. The quantitative estimate of drug-likeness (QED) is 0.638. The molecule has 2 N–H and O–H groups in total. The standard InChI is InChI=1S/C9H8O4.Ba.2H/c10-8(11)7(9(12)13)6-4-2-1-3-5-6;;;/h1-5,7H,(H,10,11)(H,12,13);;;/q;+2;2*-1. The Morgan fingerprint density at radius 2 is 1.50 bits per heavy atom. The maximum atomic E-state index is 10.6. The molecule has 5 heteroatoms. The number of aliphatic carboxylic acids is 2. The van der Waals surface area contributed by atoms with Gasteiger partial charge < -0.3 is 13.1 Å². The fourth-order valence-corrected chi connectivity index (χ4v) is 1.04. The molecule has 0 spiro atoms. The van der Waals surface area contributed by atoms with E-state index in [4.69, 9.17) is 10.2 Å². The van der Waals surface area contributed by atoms with Gasteiger partial charge in [-0.3, -0.25) is 9.59 Å². The van der Waals surface area contributed by atoms with Gasteiger partial charge in [0, 0.05) is 0 Å². The van der Waals surface area contributed by atoms with Crippen molar-refractivity contribution < 1.29 is 22.7 Å². The maximum absolute atomic E-state index is 10.6. The predicted octanol–water partition coefficient (Wildman–Crippen LogP) is 0.784. The van der Waals surface area contributed by atoms with Gasteiger partial charge in [0.25, 0.3) is 0 Å². The predicted molar refractivity (Wildman–Crippen MR) is 52.4 cm³/mol. The van der Waals surface area contributed by atoms with Crippen LogP contribution in [-0.2, 0) is 9.59 Å². The molecular formula is C9H10BaO4. The van der Waals surface area contributed by atoms with Crippen molar-refractivity contribution in [2.45, 2.75) is 5.92 Å². The van der Waals surface area contributed by atoms with Gasteiger partial charge in [-0.2, -0.15) is 0 Å². The molecule has 0 radical (unpaired) electrons. The SMILES string of the molecule is O=C(O)C(C(=O)O)c1ccccc1.[Ba+2].[H-].[H-]. The molecule has 0 unspecified atom stereocenters. The van der Waals surface area contributed by atoms with Crippen molar-refractivity contribution in [3.63, 3.8) is 0 Å². The third-order valence-corrected chi connectivity index (χ3v) is 1.63. The Kier molecular flexibility index (Phi) is 6.14. The summed E-state index contributed by atoms with van der Waals surface area (Å²) in [5.74, 6) is -4.17. The molecule has 0 aliphatic rings. The summed E-state index contributed by atoms with van der Waals surface area (Å²) in [5, 5.41) is 17.2. The van der Waals surface area contributed by atoms with Crippen molar-refractivity contribution in [3.8, 4) is 0 Å². The van der Waals surface area contributed by atoms with Crippen LogP contribution in [0.2, 0.25) is 0 Å². The molecule has 0 aliphatic heterocycles. The van der Waals surface area contributed by atoms with Crippen molar-refractivity contribution >= 4 is 60.8 Å². The average Bonchev–Trinajstić information content (AvgIpc) is 2.04. The minimum Gasteiger partial charge on any atom is -1.00 e. The van der Waals surface area contributed by atoms with Crippen LogP contribution in [0.3, 0.4) is 0 Å². The number of carbonyl (C=O) groups is 2. The number of carboxylic acids is 2. The summed E-state index contributed by atoms with van der Waals surface area (Å²) in [6.45, 7) is 0. The maximum Gasteiger partial charge on any atom is 2.00 e. The van der Waals surface area contributed by atoms with E-state index < -0.39 is 17.9 Å². The molecule has 0 amide bonds. The molecule has 0 aliphatic carbocycles. The van der Waals surface area contributed by atoms with Gasteiger partial charge in [0.1, 0.15) is 0 Å². The number of carboxylic acid groups (broad SMARTS) is 2.